The third-order valence-corrected chi connectivity index (χ3v) is 5.53. The molecule has 0 radical (unpaired) electrons. The molecule has 0 saturated heterocycles. The summed E-state index contributed by atoms with van der Waals surface area (Å²) in [5, 5.41) is 7.44. The third-order valence-electron chi connectivity index (χ3n) is 4.92. The molecule has 2 heterocycles. The van der Waals surface area contributed by atoms with Crippen LogP contribution in [0.5, 0.6) is 0 Å². The molecule has 1 aliphatic rings. The van der Waals surface area contributed by atoms with E-state index in [0.29, 0.717) is 22.6 Å². The van der Waals surface area contributed by atoms with Gasteiger partial charge in [-0.2, -0.15) is 4.98 Å². The van der Waals surface area contributed by atoms with E-state index in [9.17, 15) is 0 Å². The first-order chi connectivity index (χ1) is 14.1. The Morgan fingerprint density at radius 3 is 2.69 bits per heavy atom. The van der Waals surface area contributed by atoms with E-state index in [1.807, 2.05) is 37.3 Å². The molecular weight excluding hydrogens is 402 g/mol. The van der Waals surface area contributed by atoms with E-state index in [2.05, 4.69) is 44.8 Å². The summed E-state index contributed by atoms with van der Waals surface area (Å²) in [7, 11) is 0. The molecule has 0 fully saturated rings. The van der Waals surface area contributed by atoms with E-state index in [4.69, 9.17) is 28.8 Å². The van der Waals surface area contributed by atoms with Crippen LogP contribution in [0, 0.1) is 6.92 Å². The zero-order valence-electron chi connectivity index (χ0n) is 16.2. The number of nitrogens with one attached hydrogen (secondary N) is 2. The monoisotopic (exact) mass is 423 g/mol. The summed E-state index contributed by atoms with van der Waals surface area (Å²) < 4.78 is 0. The number of benzene rings is 2. The Morgan fingerprint density at radius 2 is 1.86 bits per heavy atom. The van der Waals surface area contributed by atoms with Crippen molar-refractivity contribution in [3.05, 3.63) is 82.0 Å². The van der Waals surface area contributed by atoms with Crippen LogP contribution in [0.2, 0.25) is 5.02 Å². The first-order valence-corrected chi connectivity index (χ1v) is 10.3. The molecule has 148 valence electrons. The Kier molecular flexibility index (Phi) is 5.92. The quantitative estimate of drug-likeness (QED) is 0.603. The predicted molar refractivity (Wildman–Crippen MR) is 122 cm³/mol. The van der Waals surface area contributed by atoms with Crippen LogP contribution >= 0.6 is 23.8 Å². The number of hydrogen-bond acceptors (Lipinski definition) is 4. The van der Waals surface area contributed by atoms with Gasteiger partial charge in [0.05, 0.1) is 0 Å². The molecule has 0 atom stereocenters. The van der Waals surface area contributed by atoms with Crippen LogP contribution in [0.25, 0.3) is 0 Å². The van der Waals surface area contributed by atoms with E-state index < -0.39 is 0 Å². The number of aryl methyl sites for hydroxylation is 1. The van der Waals surface area contributed by atoms with Gasteiger partial charge in [0.2, 0.25) is 5.95 Å². The van der Waals surface area contributed by atoms with Crippen molar-refractivity contribution in [1.82, 2.24) is 15.3 Å². The summed E-state index contributed by atoms with van der Waals surface area (Å²) in [6.45, 7) is 4.28. The molecule has 7 heteroatoms. The smallest absolute Gasteiger partial charge is 0.231 e. The van der Waals surface area contributed by atoms with Crippen LogP contribution in [-0.4, -0.2) is 21.6 Å². The van der Waals surface area contributed by atoms with Gasteiger partial charge < -0.3 is 15.5 Å². The maximum Gasteiger partial charge on any atom is 0.231 e. The number of rotatable bonds is 4. The number of aromatic nitrogens is 2. The lowest BCUT2D eigenvalue weighted by Crippen LogP contribution is -2.32. The molecule has 0 spiro atoms. The third kappa shape index (κ3) is 4.83. The Hall–Kier alpha value is -2.70. The lowest BCUT2D eigenvalue weighted by Gasteiger charge is -2.30. The van der Waals surface area contributed by atoms with E-state index in [-0.39, 0.29) is 0 Å². The highest BCUT2D eigenvalue weighted by atomic mass is 35.5. The second kappa shape index (κ2) is 8.76. The molecule has 3 aromatic rings. The fourth-order valence-corrected chi connectivity index (χ4v) is 3.79. The van der Waals surface area contributed by atoms with Crippen LogP contribution in [-0.2, 0) is 19.5 Å². The zero-order chi connectivity index (χ0) is 20.2. The molecule has 2 N–H and O–H groups in total. The first kappa shape index (κ1) is 19.6. The largest absolute Gasteiger partial charge is 0.358 e. The molecule has 0 amide bonds. The fraction of sp³-hybridized carbons (Fsp3) is 0.227. The van der Waals surface area contributed by atoms with E-state index >= 15 is 0 Å². The van der Waals surface area contributed by atoms with Crippen molar-refractivity contribution in [1.29, 1.82) is 0 Å². The summed E-state index contributed by atoms with van der Waals surface area (Å²) in [6.07, 6.45) is 1.01. The molecular formula is C22H22ClN5S. The minimum Gasteiger partial charge on any atom is -0.358 e. The van der Waals surface area contributed by atoms with Crippen molar-refractivity contribution in [2.75, 3.05) is 16.8 Å². The topological polar surface area (TPSA) is 53.1 Å². The highest BCUT2D eigenvalue weighted by molar-refractivity contribution is 7.80. The van der Waals surface area contributed by atoms with Crippen LogP contribution in [0.15, 0.2) is 54.6 Å². The van der Waals surface area contributed by atoms with Crippen molar-refractivity contribution in [3.63, 3.8) is 0 Å². The molecule has 1 aliphatic heterocycles. The Balaban J connectivity index is 1.43. The number of thiocarbonyl (C=S) groups is 1. The number of fused-ring (bicyclic) bond motifs is 1. The molecule has 29 heavy (non-hydrogen) atoms. The average molecular weight is 424 g/mol. The van der Waals surface area contributed by atoms with Crippen molar-refractivity contribution in [2.24, 2.45) is 0 Å². The van der Waals surface area contributed by atoms with Crippen LogP contribution < -0.4 is 15.5 Å². The fourth-order valence-electron chi connectivity index (χ4n) is 3.42. The number of hydrogen-bond donors (Lipinski definition) is 2. The molecule has 5 nitrogen and oxygen atoms in total. The zero-order valence-corrected chi connectivity index (χ0v) is 17.7. The minimum atomic E-state index is 0.463. The average Bonchev–Trinajstić information content (AvgIpc) is 2.72. The number of anilines is 2. The molecule has 0 bridgehead atoms. The van der Waals surface area contributed by atoms with Gasteiger partial charge in [0, 0.05) is 36.4 Å². The van der Waals surface area contributed by atoms with Crippen LogP contribution in [0.4, 0.5) is 11.8 Å². The highest BCUT2D eigenvalue weighted by Crippen LogP contribution is 2.24. The number of nitrogens with zero attached hydrogens (tertiary/aromatic N) is 3. The standard InChI is InChI=1S/C22H22ClN5S/c1-15-12-20(28-11-10-16-6-2-3-8-18(16)14-28)26-21(25-15)27-22(29)24-13-17-7-4-5-9-19(17)23/h2-9,12H,10-11,13-14H2,1H3,(H2,24,25,26,27,29). The summed E-state index contributed by atoms with van der Waals surface area (Å²) in [6, 6.07) is 18.3. The number of halogens is 1. The van der Waals surface area contributed by atoms with Gasteiger partial charge in [-0.1, -0.05) is 54.1 Å². The van der Waals surface area contributed by atoms with Gasteiger partial charge >= 0.3 is 0 Å². The maximum atomic E-state index is 6.20. The molecule has 2 aromatic carbocycles. The van der Waals surface area contributed by atoms with Gasteiger partial charge in [0.25, 0.3) is 0 Å². The van der Waals surface area contributed by atoms with Gasteiger partial charge in [-0.25, -0.2) is 4.98 Å². The van der Waals surface area contributed by atoms with E-state index in [1.165, 1.54) is 11.1 Å². The predicted octanol–water partition coefficient (Wildman–Crippen LogP) is 4.49. The van der Waals surface area contributed by atoms with Gasteiger partial charge in [-0.15, -0.1) is 0 Å². The first-order valence-electron chi connectivity index (χ1n) is 9.54. The SMILES string of the molecule is Cc1cc(N2CCc3ccccc3C2)nc(NC(=S)NCc2ccccc2Cl)n1. The Labute approximate surface area is 181 Å². The van der Waals surface area contributed by atoms with Gasteiger partial charge in [-0.05, 0) is 48.3 Å². The summed E-state index contributed by atoms with van der Waals surface area (Å²) in [5.41, 5.74) is 4.64. The molecule has 0 aliphatic carbocycles. The van der Waals surface area contributed by atoms with Crippen molar-refractivity contribution >= 4 is 40.7 Å². The maximum absolute atomic E-state index is 6.20. The second-order valence-corrected chi connectivity index (χ2v) is 7.85. The van der Waals surface area contributed by atoms with Crippen molar-refractivity contribution in [3.8, 4) is 0 Å². The molecule has 0 unspecified atom stereocenters. The van der Waals surface area contributed by atoms with Crippen molar-refractivity contribution in [2.45, 2.75) is 26.4 Å². The summed E-state index contributed by atoms with van der Waals surface area (Å²) in [4.78, 5) is 11.5. The van der Waals surface area contributed by atoms with Gasteiger partial charge in [0.1, 0.15) is 5.82 Å². The normalized spacial score (nSPS) is 13.0. The molecule has 4 rings (SSSR count). The molecule has 1 aromatic heterocycles. The van der Waals surface area contributed by atoms with E-state index in [1.54, 1.807) is 0 Å². The second-order valence-electron chi connectivity index (χ2n) is 7.03. The van der Waals surface area contributed by atoms with E-state index in [0.717, 1.165) is 36.6 Å². The van der Waals surface area contributed by atoms with Gasteiger partial charge in [0.15, 0.2) is 5.11 Å². The summed E-state index contributed by atoms with van der Waals surface area (Å²) >= 11 is 11.6. The Bertz CT molecular complexity index is 1040. The lowest BCUT2D eigenvalue weighted by atomic mass is 10.00. The van der Waals surface area contributed by atoms with Gasteiger partial charge in [-0.3, -0.25) is 0 Å². The molecule has 0 saturated carbocycles. The highest BCUT2D eigenvalue weighted by Gasteiger charge is 2.18. The van der Waals surface area contributed by atoms with Crippen LogP contribution in [0.1, 0.15) is 22.4 Å². The minimum absolute atomic E-state index is 0.463. The lowest BCUT2D eigenvalue weighted by molar-refractivity contribution is 0.719. The van der Waals surface area contributed by atoms with Crippen LogP contribution in [0.3, 0.4) is 0 Å². The van der Waals surface area contributed by atoms with Crippen molar-refractivity contribution < 1.29 is 0 Å². The Morgan fingerprint density at radius 1 is 1.10 bits per heavy atom. The summed E-state index contributed by atoms with van der Waals surface area (Å²) in [5.74, 6) is 1.40.